The van der Waals surface area contributed by atoms with Gasteiger partial charge < -0.3 is 10.8 Å². The van der Waals surface area contributed by atoms with Crippen molar-refractivity contribution in [1.29, 1.82) is 0 Å². The normalized spacial score (nSPS) is 12.9. The summed E-state index contributed by atoms with van der Waals surface area (Å²) in [6.45, 7) is 0. The van der Waals surface area contributed by atoms with E-state index < -0.39 is 12.0 Å². The predicted octanol–water partition coefficient (Wildman–Crippen LogP) is -0.377. The number of rotatable bonds is 2. The highest BCUT2D eigenvalue weighted by molar-refractivity contribution is 7.03. The number of carboxylic acid groups (broad SMARTS) is 1. The average Bonchev–Trinajstić information content (AvgIpc) is 2.36. The van der Waals surface area contributed by atoms with Crippen LogP contribution in [0.15, 0.2) is 5.51 Å². The van der Waals surface area contributed by atoms with Crippen molar-refractivity contribution in [1.82, 2.24) is 9.36 Å². The van der Waals surface area contributed by atoms with Crippen LogP contribution >= 0.6 is 11.5 Å². The maximum absolute atomic E-state index is 10.2. The fourth-order valence-electron chi connectivity index (χ4n) is 0.426. The molecule has 5 nitrogen and oxygen atoms in total. The van der Waals surface area contributed by atoms with E-state index in [0.717, 1.165) is 11.5 Å². The number of hydrogen-bond acceptors (Lipinski definition) is 5. The zero-order valence-electron chi connectivity index (χ0n) is 4.89. The lowest BCUT2D eigenvalue weighted by molar-refractivity contribution is -0.138. The van der Waals surface area contributed by atoms with Crippen molar-refractivity contribution < 1.29 is 9.90 Å². The third-order valence-corrected chi connectivity index (χ3v) is 1.41. The van der Waals surface area contributed by atoms with Crippen LogP contribution in [0.25, 0.3) is 0 Å². The van der Waals surface area contributed by atoms with Gasteiger partial charge in [-0.3, -0.25) is 4.79 Å². The summed E-state index contributed by atoms with van der Waals surface area (Å²) in [6, 6.07) is -1.09. The molecule has 1 atom stereocenters. The Morgan fingerprint density at radius 3 is 3.00 bits per heavy atom. The molecule has 1 unspecified atom stereocenters. The fraction of sp³-hybridized carbons (Fsp3) is 0.250. The Hall–Kier alpha value is -1.01. The SMILES string of the molecule is NC(C(=O)O)c1ncsn1. The molecule has 0 aliphatic heterocycles. The molecule has 1 aromatic rings. The first-order valence-corrected chi connectivity index (χ1v) is 3.30. The molecule has 0 aliphatic rings. The van der Waals surface area contributed by atoms with Gasteiger partial charge in [-0.05, 0) is 11.5 Å². The van der Waals surface area contributed by atoms with Crippen molar-refractivity contribution in [3.05, 3.63) is 11.3 Å². The van der Waals surface area contributed by atoms with Gasteiger partial charge in [0, 0.05) is 0 Å². The van der Waals surface area contributed by atoms with Crippen LogP contribution in [0.4, 0.5) is 0 Å². The molecule has 54 valence electrons. The zero-order chi connectivity index (χ0) is 7.56. The lowest BCUT2D eigenvalue weighted by Crippen LogP contribution is -2.21. The highest BCUT2D eigenvalue weighted by atomic mass is 32.1. The largest absolute Gasteiger partial charge is 0.480 e. The second-order valence-corrected chi connectivity index (χ2v) is 2.21. The van der Waals surface area contributed by atoms with Crippen LogP contribution < -0.4 is 5.73 Å². The first kappa shape index (κ1) is 7.10. The predicted molar refractivity (Wildman–Crippen MR) is 34.5 cm³/mol. The Labute approximate surface area is 60.7 Å². The third kappa shape index (κ3) is 1.28. The van der Waals surface area contributed by atoms with E-state index in [9.17, 15) is 4.79 Å². The molecule has 0 saturated carbocycles. The molecule has 6 heteroatoms. The summed E-state index contributed by atoms with van der Waals surface area (Å²) >= 11 is 1.08. The van der Waals surface area contributed by atoms with Gasteiger partial charge in [0.1, 0.15) is 5.51 Å². The summed E-state index contributed by atoms with van der Waals surface area (Å²) < 4.78 is 3.66. The first-order valence-electron chi connectivity index (χ1n) is 2.46. The summed E-state index contributed by atoms with van der Waals surface area (Å²) in [5.74, 6) is -0.948. The fourth-order valence-corrected chi connectivity index (χ4v) is 0.897. The van der Waals surface area contributed by atoms with Gasteiger partial charge in [-0.25, -0.2) is 4.98 Å². The van der Waals surface area contributed by atoms with Gasteiger partial charge >= 0.3 is 5.97 Å². The standard InChI is InChI=1S/C4H5N3O2S/c5-2(4(8)9)3-6-1-10-7-3/h1-2H,5H2,(H,8,9). The molecule has 0 bridgehead atoms. The van der Waals surface area contributed by atoms with Crippen LogP contribution in [0.1, 0.15) is 11.9 Å². The Kier molecular flexibility index (Phi) is 1.93. The zero-order valence-corrected chi connectivity index (χ0v) is 5.71. The third-order valence-electron chi connectivity index (χ3n) is 0.923. The summed E-state index contributed by atoms with van der Waals surface area (Å²) in [5.41, 5.74) is 6.61. The number of carbonyl (C=O) groups is 1. The molecule has 0 spiro atoms. The molecule has 1 aromatic heterocycles. The highest BCUT2D eigenvalue weighted by Gasteiger charge is 2.16. The van der Waals surface area contributed by atoms with E-state index in [1.165, 1.54) is 5.51 Å². The molecular weight excluding hydrogens is 154 g/mol. The topological polar surface area (TPSA) is 89.1 Å². The summed E-state index contributed by atoms with van der Waals surface area (Å²) in [4.78, 5) is 13.8. The quantitative estimate of drug-likeness (QED) is 0.614. The lowest BCUT2D eigenvalue weighted by Gasteiger charge is -1.97. The molecule has 3 N–H and O–H groups in total. The van der Waals surface area contributed by atoms with Gasteiger partial charge in [-0.15, -0.1) is 0 Å². The molecule has 0 aromatic carbocycles. The first-order chi connectivity index (χ1) is 4.72. The molecule has 0 aliphatic carbocycles. The molecule has 0 saturated heterocycles. The van der Waals surface area contributed by atoms with E-state index in [0.29, 0.717) is 0 Å². The average molecular weight is 159 g/mol. The smallest absolute Gasteiger partial charge is 0.328 e. The number of hydrogen-bond donors (Lipinski definition) is 2. The minimum atomic E-state index is -1.11. The summed E-state index contributed by atoms with van der Waals surface area (Å²) in [6.07, 6.45) is 0. The molecule has 1 rings (SSSR count). The number of nitrogens with zero attached hydrogens (tertiary/aromatic N) is 2. The van der Waals surface area contributed by atoms with E-state index in [1.54, 1.807) is 0 Å². The van der Waals surface area contributed by atoms with Crippen molar-refractivity contribution in [2.75, 3.05) is 0 Å². The van der Waals surface area contributed by atoms with Gasteiger partial charge in [0.05, 0.1) is 0 Å². The van der Waals surface area contributed by atoms with E-state index >= 15 is 0 Å². The minimum Gasteiger partial charge on any atom is -0.480 e. The molecule has 0 fully saturated rings. The maximum atomic E-state index is 10.2. The number of nitrogens with two attached hydrogens (primary N) is 1. The van der Waals surface area contributed by atoms with Crippen LogP contribution in [0, 0.1) is 0 Å². The number of aromatic nitrogens is 2. The Balaban J connectivity index is 2.77. The number of carboxylic acids is 1. The van der Waals surface area contributed by atoms with Crippen molar-refractivity contribution in [3.8, 4) is 0 Å². The van der Waals surface area contributed by atoms with Gasteiger partial charge in [0.2, 0.25) is 0 Å². The summed E-state index contributed by atoms with van der Waals surface area (Å²) in [5, 5.41) is 8.35. The van der Waals surface area contributed by atoms with E-state index in [2.05, 4.69) is 9.36 Å². The monoisotopic (exact) mass is 159 g/mol. The van der Waals surface area contributed by atoms with Gasteiger partial charge in [0.15, 0.2) is 11.9 Å². The van der Waals surface area contributed by atoms with Crippen LogP contribution in [-0.4, -0.2) is 20.4 Å². The molecule has 0 amide bonds. The maximum Gasteiger partial charge on any atom is 0.328 e. The van der Waals surface area contributed by atoms with E-state index in [1.807, 2.05) is 0 Å². The molecule has 0 radical (unpaired) electrons. The molecule has 10 heavy (non-hydrogen) atoms. The highest BCUT2D eigenvalue weighted by Crippen LogP contribution is 2.04. The second kappa shape index (κ2) is 2.72. The lowest BCUT2D eigenvalue weighted by atomic mass is 10.3. The Morgan fingerprint density at radius 2 is 2.60 bits per heavy atom. The van der Waals surface area contributed by atoms with Gasteiger partial charge in [0.25, 0.3) is 0 Å². The summed E-state index contributed by atoms with van der Waals surface area (Å²) in [7, 11) is 0. The van der Waals surface area contributed by atoms with Crippen LogP contribution in [-0.2, 0) is 4.79 Å². The van der Waals surface area contributed by atoms with E-state index in [-0.39, 0.29) is 5.82 Å². The van der Waals surface area contributed by atoms with Crippen molar-refractivity contribution >= 4 is 17.5 Å². The van der Waals surface area contributed by atoms with Crippen LogP contribution in [0.3, 0.4) is 0 Å². The van der Waals surface area contributed by atoms with Gasteiger partial charge in [-0.1, -0.05) is 0 Å². The van der Waals surface area contributed by atoms with E-state index in [4.69, 9.17) is 10.8 Å². The van der Waals surface area contributed by atoms with Crippen molar-refractivity contribution in [2.24, 2.45) is 5.73 Å². The number of aliphatic carboxylic acids is 1. The molecule has 1 heterocycles. The van der Waals surface area contributed by atoms with Crippen LogP contribution in [0.2, 0.25) is 0 Å². The Morgan fingerprint density at radius 1 is 1.90 bits per heavy atom. The minimum absolute atomic E-state index is 0.164. The van der Waals surface area contributed by atoms with Crippen molar-refractivity contribution in [2.45, 2.75) is 6.04 Å². The molecular formula is C4H5N3O2S. The Bertz CT molecular complexity index is 222. The second-order valence-electron chi connectivity index (χ2n) is 1.61. The van der Waals surface area contributed by atoms with Gasteiger partial charge in [-0.2, -0.15) is 4.37 Å². The van der Waals surface area contributed by atoms with Crippen molar-refractivity contribution in [3.63, 3.8) is 0 Å². The van der Waals surface area contributed by atoms with Crippen LogP contribution in [0.5, 0.6) is 0 Å².